The summed E-state index contributed by atoms with van der Waals surface area (Å²) in [4.78, 5) is 24.7. The Morgan fingerprint density at radius 2 is 1.83 bits per heavy atom. The van der Waals surface area contributed by atoms with Crippen molar-refractivity contribution in [1.29, 1.82) is 0 Å². The van der Waals surface area contributed by atoms with E-state index in [9.17, 15) is 31.5 Å². The monoisotopic (exact) mass is 461 g/mol. The molecule has 2 heterocycles. The van der Waals surface area contributed by atoms with Crippen LogP contribution in [0.2, 0.25) is 0 Å². The SMILES string of the molecule is Cc1ccc(S(=O)(=O)N(C)S/N=C2\C(=O)N3[C@@H](C(=O)O)C(C)(C)S(=O)(=O)[C@H]23)cc1. The molecular weight excluding hydrogens is 442 g/mol. The van der Waals surface area contributed by atoms with Crippen molar-refractivity contribution in [1.82, 2.24) is 8.61 Å². The smallest absolute Gasteiger partial charge is 0.328 e. The highest BCUT2D eigenvalue weighted by molar-refractivity contribution is 8.07. The largest absolute Gasteiger partial charge is 0.480 e. The van der Waals surface area contributed by atoms with E-state index in [0.29, 0.717) is 12.1 Å². The van der Waals surface area contributed by atoms with Gasteiger partial charge in [0, 0.05) is 7.05 Å². The van der Waals surface area contributed by atoms with E-state index in [1.807, 2.05) is 6.92 Å². The van der Waals surface area contributed by atoms with Gasteiger partial charge in [-0.25, -0.2) is 21.6 Å². The number of sulfone groups is 1. The lowest BCUT2D eigenvalue weighted by Gasteiger charge is -2.36. The van der Waals surface area contributed by atoms with Crippen molar-refractivity contribution < 1.29 is 31.5 Å². The molecule has 158 valence electrons. The summed E-state index contributed by atoms with van der Waals surface area (Å²) in [5.41, 5.74) is 0.486. The van der Waals surface area contributed by atoms with Crippen LogP contribution in [0, 0.1) is 6.92 Å². The lowest BCUT2D eigenvalue weighted by Crippen LogP contribution is -2.64. The van der Waals surface area contributed by atoms with Crippen LogP contribution in [0.15, 0.2) is 33.6 Å². The zero-order chi connectivity index (χ0) is 21.9. The van der Waals surface area contributed by atoms with E-state index >= 15 is 0 Å². The van der Waals surface area contributed by atoms with Gasteiger partial charge >= 0.3 is 5.97 Å². The van der Waals surface area contributed by atoms with E-state index < -0.39 is 53.6 Å². The van der Waals surface area contributed by atoms with Crippen LogP contribution < -0.4 is 0 Å². The third kappa shape index (κ3) is 3.07. The number of benzene rings is 1. The molecule has 1 aromatic rings. The molecule has 2 saturated heterocycles. The zero-order valence-electron chi connectivity index (χ0n) is 15.9. The van der Waals surface area contributed by atoms with Crippen molar-refractivity contribution in [2.45, 2.75) is 41.8 Å². The average molecular weight is 462 g/mol. The highest BCUT2D eigenvalue weighted by atomic mass is 32.3. The highest BCUT2D eigenvalue weighted by Gasteiger charge is 2.71. The number of hydrogen-bond donors (Lipinski definition) is 1. The first kappa shape index (κ1) is 21.7. The van der Waals surface area contributed by atoms with Gasteiger partial charge in [0.2, 0.25) is 0 Å². The fraction of sp³-hybridized carbons (Fsp3) is 0.438. The lowest BCUT2D eigenvalue weighted by molar-refractivity contribution is -0.150. The molecule has 0 spiro atoms. The third-order valence-electron chi connectivity index (χ3n) is 5.05. The summed E-state index contributed by atoms with van der Waals surface area (Å²) in [5, 5.41) is 7.88. The number of carbonyl (C=O) groups excluding carboxylic acids is 1. The first-order chi connectivity index (χ1) is 13.2. The fourth-order valence-corrected chi connectivity index (χ4v) is 7.24. The molecule has 1 aromatic carbocycles. The van der Waals surface area contributed by atoms with Crippen molar-refractivity contribution in [3.63, 3.8) is 0 Å². The Kier molecular flexibility index (Phi) is 5.09. The summed E-state index contributed by atoms with van der Waals surface area (Å²) in [6.07, 6.45) is 0. The predicted octanol–water partition coefficient (Wildman–Crippen LogP) is 0.448. The number of amides is 1. The molecule has 29 heavy (non-hydrogen) atoms. The molecule has 0 saturated carbocycles. The number of nitrogens with zero attached hydrogens (tertiary/aromatic N) is 3. The van der Waals surface area contributed by atoms with Gasteiger partial charge < -0.3 is 5.11 Å². The summed E-state index contributed by atoms with van der Waals surface area (Å²) < 4.78 is 53.6. The Morgan fingerprint density at radius 1 is 1.28 bits per heavy atom. The van der Waals surface area contributed by atoms with Gasteiger partial charge in [-0.2, -0.15) is 4.40 Å². The van der Waals surface area contributed by atoms with E-state index in [0.717, 1.165) is 14.2 Å². The number of carboxylic acid groups (broad SMARTS) is 1. The first-order valence-corrected chi connectivity index (χ1v) is 12.1. The van der Waals surface area contributed by atoms with E-state index in [1.54, 1.807) is 12.1 Å². The number of β-lactam (4-membered cyclic amide) rings is 1. The number of aryl methyl sites for hydroxylation is 1. The van der Waals surface area contributed by atoms with Crippen LogP contribution in [0.25, 0.3) is 0 Å². The molecule has 2 aliphatic rings. The minimum Gasteiger partial charge on any atom is -0.480 e. The molecule has 2 atom stereocenters. The molecule has 2 fully saturated rings. The molecular formula is C16H19N3O7S3. The van der Waals surface area contributed by atoms with Crippen molar-refractivity contribution in [2.75, 3.05) is 7.05 Å². The molecule has 0 unspecified atom stereocenters. The lowest BCUT2D eigenvalue weighted by atomic mass is 9.98. The average Bonchev–Trinajstić information content (AvgIpc) is 2.76. The number of fused-ring (bicyclic) bond motifs is 1. The second kappa shape index (κ2) is 6.79. The molecule has 3 rings (SSSR count). The quantitative estimate of drug-likeness (QED) is 0.492. The van der Waals surface area contributed by atoms with Crippen molar-refractivity contribution >= 4 is 49.6 Å². The van der Waals surface area contributed by atoms with Gasteiger partial charge in [-0.3, -0.25) is 9.69 Å². The van der Waals surface area contributed by atoms with Gasteiger partial charge in [0.1, 0.15) is 4.75 Å². The van der Waals surface area contributed by atoms with Gasteiger partial charge in [0.05, 0.1) is 17.0 Å². The van der Waals surface area contributed by atoms with Crippen LogP contribution in [-0.4, -0.2) is 71.4 Å². The Morgan fingerprint density at radius 3 is 2.34 bits per heavy atom. The minimum absolute atomic E-state index is 0.0143. The molecule has 10 nitrogen and oxygen atoms in total. The first-order valence-electron chi connectivity index (χ1n) is 8.34. The van der Waals surface area contributed by atoms with Crippen LogP contribution in [0.1, 0.15) is 19.4 Å². The van der Waals surface area contributed by atoms with Gasteiger partial charge in [0.25, 0.3) is 15.9 Å². The molecule has 13 heteroatoms. The molecule has 0 aromatic heterocycles. The maximum atomic E-state index is 12.8. The van der Waals surface area contributed by atoms with Crippen LogP contribution in [0.4, 0.5) is 0 Å². The number of rotatable bonds is 5. The molecule has 2 aliphatic heterocycles. The van der Waals surface area contributed by atoms with Crippen LogP contribution in [0.3, 0.4) is 0 Å². The highest BCUT2D eigenvalue weighted by Crippen LogP contribution is 2.45. The topological polar surface area (TPSA) is 141 Å². The number of aliphatic carboxylic acids is 1. The number of carboxylic acids is 1. The normalized spacial score (nSPS) is 26.4. The van der Waals surface area contributed by atoms with Crippen LogP contribution in [0.5, 0.6) is 0 Å². The van der Waals surface area contributed by atoms with Gasteiger partial charge in [-0.05, 0) is 32.9 Å². The van der Waals surface area contributed by atoms with Crippen LogP contribution in [-0.2, 0) is 29.4 Å². The molecule has 0 radical (unpaired) electrons. The Labute approximate surface area is 172 Å². The minimum atomic E-state index is -4.07. The Balaban J connectivity index is 1.88. The standard InChI is InChI=1S/C16H19N3O7S3/c1-9-5-7-10(8-6-9)29(25,26)18(4)27-17-11-13(20)19-12(15(21)22)16(2,3)28(23,24)14(11)19/h5-8,12,14H,1-4H3,(H,21,22)/b17-11+/t12-,14+/m0/s1. The number of carbonyl (C=O) groups is 2. The van der Waals surface area contributed by atoms with Crippen LogP contribution >= 0.6 is 12.1 Å². The number of sulfonamides is 1. The fourth-order valence-electron chi connectivity index (χ4n) is 3.24. The Bertz CT molecular complexity index is 1120. The van der Waals surface area contributed by atoms with E-state index in [4.69, 9.17) is 0 Å². The second-order valence-electron chi connectivity index (χ2n) is 7.24. The van der Waals surface area contributed by atoms with Gasteiger partial charge in [-0.1, -0.05) is 17.7 Å². The molecule has 1 amide bonds. The number of hydrogen-bond acceptors (Lipinski definition) is 8. The molecule has 1 N–H and O–H groups in total. The maximum Gasteiger partial charge on any atom is 0.328 e. The van der Waals surface area contributed by atoms with E-state index in [-0.39, 0.29) is 4.90 Å². The summed E-state index contributed by atoms with van der Waals surface area (Å²) in [6, 6.07) is 4.56. The zero-order valence-corrected chi connectivity index (χ0v) is 18.4. The van der Waals surface area contributed by atoms with Crippen molar-refractivity contribution in [2.24, 2.45) is 4.40 Å². The van der Waals surface area contributed by atoms with Gasteiger partial charge in [0.15, 0.2) is 27.0 Å². The van der Waals surface area contributed by atoms with Crippen molar-refractivity contribution in [3.8, 4) is 0 Å². The van der Waals surface area contributed by atoms with Gasteiger partial charge in [-0.15, -0.1) is 3.71 Å². The van der Waals surface area contributed by atoms with Crippen molar-refractivity contribution in [3.05, 3.63) is 29.8 Å². The van der Waals surface area contributed by atoms with E-state index in [1.165, 1.54) is 33.0 Å². The summed E-state index contributed by atoms with van der Waals surface area (Å²) >= 11 is 0.403. The maximum absolute atomic E-state index is 12.8. The van der Waals surface area contributed by atoms with E-state index in [2.05, 4.69) is 4.40 Å². The summed E-state index contributed by atoms with van der Waals surface area (Å²) in [7, 11) is -6.78. The Hall–Kier alpha value is -1.96. The summed E-state index contributed by atoms with van der Waals surface area (Å²) in [6.45, 7) is 4.29. The summed E-state index contributed by atoms with van der Waals surface area (Å²) in [5.74, 6) is -2.27. The third-order valence-corrected chi connectivity index (χ3v) is 10.6. The molecule has 0 bridgehead atoms. The second-order valence-corrected chi connectivity index (χ2v) is 12.9. The predicted molar refractivity (Wildman–Crippen MR) is 106 cm³/mol. The molecule has 0 aliphatic carbocycles.